The summed E-state index contributed by atoms with van der Waals surface area (Å²) in [5.41, 5.74) is 3.31. The summed E-state index contributed by atoms with van der Waals surface area (Å²) in [7, 11) is 1.82. The smallest absolute Gasteiger partial charge is 0.0552 e. The molecule has 0 spiro atoms. The van der Waals surface area contributed by atoms with Gasteiger partial charge in [0.25, 0.3) is 0 Å². The van der Waals surface area contributed by atoms with E-state index in [0.29, 0.717) is 12.1 Å². The Kier molecular flexibility index (Phi) is 5.22. The number of hydrogen-bond acceptors (Lipinski definition) is 2. The highest BCUT2D eigenvalue weighted by Crippen LogP contribution is 2.40. The van der Waals surface area contributed by atoms with Crippen LogP contribution in [0, 0.1) is 0 Å². The molecule has 2 nitrogen and oxygen atoms in total. The van der Waals surface area contributed by atoms with Gasteiger partial charge in [0.1, 0.15) is 0 Å². The fourth-order valence-corrected chi connectivity index (χ4v) is 3.51. The molecule has 0 aliphatic heterocycles. The Morgan fingerprint density at radius 2 is 2.00 bits per heavy atom. The second-order valence-electron chi connectivity index (χ2n) is 6.58. The van der Waals surface area contributed by atoms with Crippen LogP contribution in [0.2, 0.25) is 0 Å². The molecule has 0 aromatic heterocycles. The first-order chi connectivity index (χ1) is 9.57. The molecule has 1 aromatic rings. The minimum absolute atomic E-state index is 0.231. The summed E-state index contributed by atoms with van der Waals surface area (Å²) in [6.45, 7) is 7.69. The van der Waals surface area contributed by atoms with Gasteiger partial charge < -0.3 is 10.1 Å². The van der Waals surface area contributed by atoms with Gasteiger partial charge in [0, 0.05) is 25.1 Å². The van der Waals surface area contributed by atoms with E-state index in [1.54, 1.807) is 5.56 Å². The van der Waals surface area contributed by atoms with Crippen molar-refractivity contribution in [3.8, 4) is 0 Å². The van der Waals surface area contributed by atoms with Gasteiger partial charge in [-0.2, -0.15) is 0 Å². The molecule has 0 saturated carbocycles. The van der Waals surface area contributed by atoms with Gasteiger partial charge in [0.2, 0.25) is 0 Å². The van der Waals surface area contributed by atoms with Crippen molar-refractivity contribution in [2.24, 2.45) is 0 Å². The van der Waals surface area contributed by atoms with E-state index in [1.807, 2.05) is 7.11 Å². The third kappa shape index (κ3) is 3.42. The molecule has 2 rings (SSSR count). The molecule has 1 aromatic carbocycles. The topological polar surface area (TPSA) is 21.3 Å². The second-order valence-corrected chi connectivity index (χ2v) is 6.58. The summed E-state index contributed by atoms with van der Waals surface area (Å²) in [6, 6.07) is 9.52. The number of fused-ring (bicyclic) bond motifs is 1. The normalized spacial score (nSPS) is 23.6. The number of benzene rings is 1. The number of nitrogens with one attached hydrogen (secondary N) is 1. The van der Waals surface area contributed by atoms with Crippen LogP contribution in [0.4, 0.5) is 0 Å². The third-order valence-electron chi connectivity index (χ3n) is 4.62. The minimum Gasteiger partial charge on any atom is -0.382 e. The number of methoxy groups -OCH3 is 1. The highest BCUT2D eigenvalue weighted by Gasteiger charge is 2.37. The quantitative estimate of drug-likeness (QED) is 0.855. The van der Waals surface area contributed by atoms with Crippen LogP contribution in [0.5, 0.6) is 0 Å². The maximum absolute atomic E-state index is 5.57. The van der Waals surface area contributed by atoms with Gasteiger partial charge in [0.15, 0.2) is 0 Å². The van der Waals surface area contributed by atoms with Gasteiger partial charge in [-0.25, -0.2) is 0 Å². The van der Waals surface area contributed by atoms with Crippen LogP contribution in [0.1, 0.15) is 51.2 Å². The van der Waals surface area contributed by atoms with Crippen molar-refractivity contribution in [3.05, 3.63) is 35.4 Å². The van der Waals surface area contributed by atoms with Crippen LogP contribution in [0.25, 0.3) is 0 Å². The predicted molar refractivity (Wildman–Crippen MR) is 85.3 cm³/mol. The fraction of sp³-hybridized carbons (Fsp3) is 0.667. The molecule has 1 aliphatic rings. The number of aryl methyl sites for hydroxylation is 1. The van der Waals surface area contributed by atoms with Gasteiger partial charge in [-0.1, -0.05) is 38.1 Å². The Morgan fingerprint density at radius 1 is 1.25 bits per heavy atom. The lowest BCUT2D eigenvalue weighted by molar-refractivity contribution is 0.0808. The molecule has 0 heterocycles. The highest BCUT2D eigenvalue weighted by molar-refractivity contribution is 5.37. The Bertz CT molecular complexity index is 429. The Balaban J connectivity index is 2.31. The van der Waals surface area contributed by atoms with Crippen molar-refractivity contribution in [1.82, 2.24) is 5.32 Å². The lowest BCUT2D eigenvalue weighted by Gasteiger charge is -2.41. The molecular weight excluding hydrogens is 246 g/mol. The maximum atomic E-state index is 5.57. The van der Waals surface area contributed by atoms with E-state index in [0.717, 1.165) is 13.0 Å². The van der Waals surface area contributed by atoms with Gasteiger partial charge in [-0.15, -0.1) is 0 Å². The molecule has 2 atom stereocenters. The summed E-state index contributed by atoms with van der Waals surface area (Å²) < 4.78 is 5.57. The fourth-order valence-electron chi connectivity index (χ4n) is 3.51. The van der Waals surface area contributed by atoms with Gasteiger partial charge in [0.05, 0.1) is 6.10 Å². The van der Waals surface area contributed by atoms with Crippen molar-refractivity contribution in [3.63, 3.8) is 0 Å². The first-order valence-corrected chi connectivity index (χ1v) is 7.92. The zero-order valence-electron chi connectivity index (χ0n) is 13.4. The molecule has 0 saturated heterocycles. The molecule has 0 amide bonds. The van der Waals surface area contributed by atoms with E-state index >= 15 is 0 Å². The largest absolute Gasteiger partial charge is 0.382 e. The summed E-state index contributed by atoms with van der Waals surface area (Å²) in [6.07, 6.45) is 5.17. The number of rotatable bonds is 6. The summed E-state index contributed by atoms with van der Waals surface area (Å²) in [5.74, 6) is 0. The van der Waals surface area contributed by atoms with E-state index in [-0.39, 0.29) is 5.41 Å². The average Bonchev–Trinajstić information content (AvgIpc) is 2.45. The first-order valence-electron chi connectivity index (χ1n) is 7.92. The molecule has 20 heavy (non-hydrogen) atoms. The number of hydrogen-bond donors (Lipinski definition) is 1. The molecule has 1 aliphatic carbocycles. The minimum atomic E-state index is 0.231. The highest BCUT2D eigenvalue weighted by atomic mass is 16.5. The number of ether oxygens (including phenoxy) is 1. The lowest BCUT2D eigenvalue weighted by Crippen LogP contribution is -2.45. The van der Waals surface area contributed by atoms with Crippen molar-refractivity contribution in [2.75, 3.05) is 13.7 Å². The maximum Gasteiger partial charge on any atom is 0.0552 e. The molecular formula is C18H29NO. The van der Waals surface area contributed by atoms with Crippen molar-refractivity contribution in [2.45, 2.75) is 64.0 Å². The van der Waals surface area contributed by atoms with E-state index in [9.17, 15) is 0 Å². The Hall–Kier alpha value is -0.860. The van der Waals surface area contributed by atoms with Crippen LogP contribution in [-0.4, -0.2) is 25.8 Å². The van der Waals surface area contributed by atoms with Gasteiger partial charge >= 0.3 is 0 Å². The van der Waals surface area contributed by atoms with Crippen LogP contribution < -0.4 is 5.32 Å². The Morgan fingerprint density at radius 3 is 2.70 bits per heavy atom. The van der Waals surface area contributed by atoms with Gasteiger partial charge in [-0.3, -0.25) is 0 Å². The van der Waals surface area contributed by atoms with Crippen LogP contribution in [0.15, 0.2) is 24.3 Å². The van der Waals surface area contributed by atoms with Crippen LogP contribution in [-0.2, 0) is 16.6 Å². The monoisotopic (exact) mass is 275 g/mol. The van der Waals surface area contributed by atoms with Gasteiger partial charge in [-0.05, 0) is 43.7 Å². The molecule has 0 bridgehead atoms. The predicted octanol–water partition coefficient (Wildman–Crippen LogP) is 3.68. The van der Waals surface area contributed by atoms with E-state index < -0.39 is 0 Å². The molecule has 2 unspecified atom stereocenters. The Labute approximate surface area is 123 Å². The average molecular weight is 275 g/mol. The molecule has 1 N–H and O–H groups in total. The summed E-state index contributed by atoms with van der Waals surface area (Å²) in [5, 5.41) is 3.67. The summed E-state index contributed by atoms with van der Waals surface area (Å²) in [4.78, 5) is 0. The van der Waals surface area contributed by atoms with E-state index in [2.05, 4.69) is 50.4 Å². The van der Waals surface area contributed by atoms with Crippen molar-refractivity contribution < 1.29 is 4.74 Å². The third-order valence-corrected chi connectivity index (χ3v) is 4.62. The first kappa shape index (κ1) is 15.5. The van der Waals surface area contributed by atoms with Crippen molar-refractivity contribution in [1.29, 1.82) is 0 Å². The SMILES string of the molecule is COC(C)CC1(CNC(C)C)CCCc2ccccc21. The molecule has 112 valence electrons. The van der Waals surface area contributed by atoms with Crippen LogP contribution in [0.3, 0.4) is 0 Å². The van der Waals surface area contributed by atoms with E-state index in [1.165, 1.54) is 24.8 Å². The molecule has 0 radical (unpaired) electrons. The zero-order chi connectivity index (χ0) is 14.6. The standard InChI is InChI=1S/C18H29NO/c1-14(2)19-13-18(12-15(3)20-4)11-7-9-16-8-5-6-10-17(16)18/h5-6,8,10,14-15,19H,7,9,11-13H2,1-4H3. The molecule has 0 fully saturated rings. The summed E-state index contributed by atoms with van der Waals surface area (Å²) >= 11 is 0. The molecule has 2 heteroatoms. The van der Waals surface area contributed by atoms with Crippen LogP contribution >= 0.6 is 0 Å². The van der Waals surface area contributed by atoms with E-state index in [4.69, 9.17) is 4.74 Å². The zero-order valence-corrected chi connectivity index (χ0v) is 13.4. The lowest BCUT2D eigenvalue weighted by atomic mass is 9.67. The van der Waals surface area contributed by atoms with Crippen molar-refractivity contribution >= 4 is 0 Å². The second kappa shape index (κ2) is 6.73.